The highest BCUT2D eigenvalue weighted by Gasteiger charge is 2.24. The van der Waals surface area contributed by atoms with Crippen LogP contribution in [0.15, 0.2) is 17.5 Å². The van der Waals surface area contributed by atoms with E-state index in [9.17, 15) is 4.79 Å². The minimum absolute atomic E-state index is 0.0983. The second kappa shape index (κ2) is 6.50. The van der Waals surface area contributed by atoms with E-state index in [0.29, 0.717) is 12.5 Å². The number of hydrogen-bond acceptors (Lipinski definition) is 4. The highest BCUT2D eigenvalue weighted by atomic mass is 32.1. The summed E-state index contributed by atoms with van der Waals surface area (Å²) >= 11 is 1.70. The number of hydrogen-bond donors (Lipinski definition) is 2. The fourth-order valence-corrected chi connectivity index (χ4v) is 3.41. The maximum atomic E-state index is 12.1. The predicted molar refractivity (Wildman–Crippen MR) is 79.1 cm³/mol. The van der Waals surface area contributed by atoms with Gasteiger partial charge in [0, 0.05) is 24.0 Å². The standard InChI is InChI=1S/C14H23N3OS/c1-10(2)14(12-4-3-7-19-12)16-13(18)9-17-6-5-11(15)8-17/h3-4,7,10-11,14H,5-6,8-9,15H2,1-2H3,(H,16,18)/t11-,14?/m1/s1. The van der Waals surface area contributed by atoms with Gasteiger partial charge in [0.1, 0.15) is 0 Å². The molecule has 1 aliphatic heterocycles. The van der Waals surface area contributed by atoms with E-state index in [1.165, 1.54) is 4.88 Å². The monoisotopic (exact) mass is 281 g/mol. The van der Waals surface area contributed by atoms with Gasteiger partial charge in [0.15, 0.2) is 0 Å². The Kier molecular flexibility index (Phi) is 4.96. The SMILES string of the molecule is CC(C)C(NC(=O)CN1CC[C@@H](N)C1)c1cccs1. The van der Waals surface area contributed by atoms with Crippen molar-refractivity contribution >= 4 is 17.2 Å². The van der Waals surface area contributed by atoms with Crippen molar-refractivity contribution in [3.8, 4) is 0 Å². The lowest BCUT2D eigenvalue weighted by Crippen LogP contribution is -2.40. The van der Waals surface area contributed by atoms with Crippen LogP contribution in [-0.2, 0) is 4.79 Å². The summed E-state index contributed by atoms with van der Waals surface area (Å²) < 4.78 is 0. The molecule has 5 heteroatoms. The van der Waals surface area contributed by atoms with Crippen molar-refractivity contribution < 1.29 is 4.79 Å². The Hall–Kier alpha value is -0.910. The van der Waals surface area contributed by atoms with Crippen LogP contribution in [0.2, 0.25) is 0 Å². The van der Waals surface area contributed by atoms with Crippen LogP contribution in [0.3, 0.4) is 0 Å². The fourth-order valence-electron chi connectivity index (χ4n) is 2.46. The molecule has 2 rings (SSSR count). The van der Waals surface area contributed by atoms with Crippen LogP contribution in [0.5, 0.6) is 0 Å². The summed E-state index contributed by atoms with van der Waals surface area (Å²) in [4.78, 5) is 15.5. The Balaban J connectivity index is 1.89. The van der Waals surface area contributed by atoms with Gasteiger partial charge in [-0.25, -0.2) is 0 Å². The summed E-state index contributed by atoms with van der Waals surface area (Å²) in [6.45, 7) is 6.49. The second-order valence-electron chi connectivity index (χ2n) is 5.59. The molecular formula is C14H23N3OS. The first-order valence-electron chi connectivity index (χ1n) is 6.87. The first-order chi connectivity index (χ1) is 9.06. The molecule has 3 N–H and O–H groups in total. The number of carbonyl (C=O) groups is 1. The average Bonchev–Trinajstić information content (AvgIpc) is 2.97. The molecule has 1 unspecified atom stereocenters. The molecule has 2 atom stereocenters. The van der Waals surface area contributed by atoms with Gasteiger partial charge < -0.3 is 11.1 Å². The molecule has 106 valence electrons. The van der Waals surface area contributed by atoms with Crippen LogP contribution in [0, 0.1) is 5.92 Å². The molecule has 1 aliphatic rings. The lowest BCUT2D eigenvalue weighted by atomic mass is 10.0. The van der Waals surface area contributed by atoms with E-state index in [0.717, 1.165) is 19.5 Å². The lowest BCUT2D eigenvalue weighted by Gasteiger charge is -2.23. The third-order valence-corrected chi connectivity index (χ3v) is 4.46. The lowest BCUT2D eigenvalue weighted by molar-refractivity contribution is -0.123. The van der Waals surface area contributed by atoms with Crippen molar-refractivity contribution in [3.05, 3.63) is 22.4 Å². The van der Waals surface area contributed by atoms with Crippen LogP contribution < -0.4 is 11.1 Å². The Morgan fingerprint density at radius 1 is 1.63 bits per heavy atom. The van der Waals surface area contributed by atoms with Gasteiger partial charge in [-0.15, -0.1) is 11.3 Å². The molecule has 0 aliphatic carbocycles. The van der Waals surface area contributed by atoms with Crippen molar-refractivity contribution in [3.63, 3.8) is 0 Å². The molecule has 1 amide bonds. The first kappa shape index (κ1) is 14.5. The zero-order chi connectivity index (χ0) is 13.8. The molecule has 1 fully saturated rings. The molecule has 1 aromatic heterocycles. The maximum absolute atomic E-state index is 12.1. The highest BCUT2D eigenvalue weighted by Crippen LogP contribution is 2.25. The Labute approximate surface area is 119 Å². The molecule has 0 spiro atoms. The molecule has 0 radical (unpaired) electrons. The number of nitrogens with two attached hydrogens (primary N) is 1. The number of likely N-dealkylation sites (tertiary alicyclic amines) is 1. The number of carbonyl (C=O) groups excluding carboxylic acids is 1. The number of amides is 1. The number of thiophene rings is 1. The predicted octanol–water partition coefficient (Wildman–Crippen LogP) is 1.59. The number of nitrogens with zero attached hydrogens (tertiary/aromatic N) is 1. The molecule has 1 saturated heterocycles. The molecule has 19 heavy (non-hydrogen) atoms. The van der Waals surface area contributed by atoms with E-state index < -0.39 is 0 Å². The van der Waals surface area contributed by atoms with Gasteiger partial charge in [-0.05, 0) is 23.8 Å². The average molecular weight is 281 g/mol. The molecule has 1 aromatic rings. The van der Waals surface area contributed by atoms with Crippen molar-refractivity contribution in [2.24, 2.45) is 11.7 Å². The van der Waals surface area contributed by atoms with Crippen molar-refractivity contribution in [2.75, 3.05) is 19.6 Å². The third-order valence-electron chi connectivity index (χ3n) is 3.51. The molecular weight excluding hydrogens is 258 g/mol. The third kappa shape index (κ3) is 4.03. The van der Waals surface area contributed by atoms with Gasteiger partial charge in [-0.1, -0.05) is 19.9 Å². The smallest absolute Gasteiger partial charge is 0.234 e. The largest absolute Gasteiger partial charge is 0.347 e. The Morgan fingerprint density at radius 3 is 2.95 bits per heavy atom. The topological polar surface area (TPSA) is 58.4 Å². The first-order valence-corrected chi connectivity index (χ1v) is 7.75. The molecule has 0 aromatic carbocycles. The van der Waals surface area contributed by atoms with E-state index >= 15 is 0 Å². The van der Waals surface area contributed by atoms with E-state index in [1.54, 1.807) is 11.3 Å². The van der Waals surface area contributed by atoms with E-state index in [1.807, 2.05) is 6.07 Å². The quantitative estimate of drug-likeness (QED) is 0.862. The Morgan fingerprint density at radius 2 is 2.42 bits per heavy atom. The van der Waals surface area contributed by atoms with Crippen LogP contribution in [0.4, 0.5) is 0 Å². The molecule has 0 bridgehead atoms. The van der Waals surface area contributed by atoms with Crippen LogP contribution >= 0.6 is 11.3 Å². The van der Waals surface area contributed by atoms with E-state index in [2.05, 4.69) is 35.5 Å². The van der Waals surface area contributed by atoms with Crippen molar-refractivity contribution in [1.82, 2.24) is 10.2 Å². The van der Waals surface area contributed by atoms with Gasteiger partial charge in [0.25, 0.3) is 0 Å². The van der Waals surface area contributed by atoms with Crippen LogP contribution in [0.1, 0.15) is 31.2 Å². The zero-order valence-corrected chi connectivity index (χ0v) is 12.5. The summed E-state index contributed by atoms with van der Waals surface area (Å²) in [7, 11) is 0. The highest BCUT2D eigenvalue weighted by molar-refractivity contribution is 7.10. The van der Waals surface area contributed by atoms with Crippen molar-refractivity contribution in [2.45, 2.75) is 32.4 Å². The fraction of sp³-hybridized carbons (Fsp3) is 0.643. The summed E-state index contributed by atoms with van der Waals surface area (Å²) in [5.41, 5.74) is 5.86. The molecule has 2 heterocycles. The number of nitrogens with one attached hydrogen (secondary N) is 1. The molecule has 0 saturated carbocycles. The van der Waals surface area contributed by atoms with Gasteiger partial charge in [-0.2, -0.15) is 0 Å². The maximum Gasteiger partial charge on any atom is 0.234 e. The van der Waals surface area contributed by atoms with Crippen molar-refractivity contribution in [1.29, 1.82) is 0 Å². The minimum atomic E-state index is 0.0983. The normalized spacial score (nSPS) is 21.8. The summed E-state index contributed by atoms with van der Waals surface area (Å²) in [6, 6.07) is 4.46. The van der Waals surface area contributed by atoms with Crippen LogP contribution in [-0.4, -0.2) is 36.5 Å². The van der Waals surface area contributed by atoms with Gasteiger partial charge in [0.2, 0.25) is 5.91 Å². The summed E-state index contributed by atoms with van der Waals surface area (Å²) in [6.07, 6.45) is 0.992. The van der Waals surface area contributed by atoms with Gasteiger partial charge >= 0.3 is 0 Å². The Bertz CT molecular complexity index is 405. The molecule has 4 nitrogen and oxygen atoms in total. The zero-order valence-electron chi connectivity index (χ0n) is 11.6. The van der Waals surface area contributed by atoms with E-state index in [-0.39, 0.29) is 18.0 Å². The minimum Gasteiger partial charge on any atom is -0.347 e. The van der Waals surface area contributed by atoms with Gasteiger partial charge in [0.05, 0.1) is 12.6 Å². The van der Waals surface area contributed by atoms with Gasteiger partial charge in [-0.3, -0.25) is 9.69 Å². The second-order valence-corrected chi connectivity index (χ2v) is 6.57. The summed E-state index contributed by atoms with van der Waals surface area (Å²) in [5, 5.41) is 5.20. The number of rotatable bonds is 5. The van der Waals surface area contributed by atoms with Crippen LogP contribution in [0.25, 0.3) is 0 Å². The summed E-state index contributed by atoms with van der Waals surface area (Å²) in [5.74, 6) is 0.490. The van der Waals surface area contributed by atoms with E-state index in [4.69, 9.17) is 5.73 Å².